The van der Waals surface area contributed by atoms with Gasteiger partial charge in [0, 0.05) is 0 Å². The summed E-state index contributed by atoms with van der Waals surface area (Å²) in [6.45, 7) is 0. The van der Waals surface area contributed by atoms with Crippen molar-refractivity contribution in [1.82, 2.24) is 9.55 Å². The average molecular weight is 281 g/mol. The molecule has 0 spiro atoms. The first-order valence-corrected chi connectivity index (χ1v) is 6.82. The maximum atomic E-state index is 13.9. The summed E-state index contributed by atoms with van der Waals surface area (Å²) < 4.78 is 15.6. The lowest BCUT2D eigenvalue weighted by Gasteiger charge is -2.15. The second-order valence-corrected chi connectivity index (χ2v) is 4.94. The second-order valence-electron chi connectivity index (χ2n) is 4.94. The standard InChI is InChI=1S/C17H16FN3/c18-14-8-4-5-9-16(14)21-12-20-11-17(21)15(19)10-13-6-2-1-3-7-13/h1-9,11-12,15H,10,19H2/t15-/m1/s1. The molecule has 4 heteroatoms. The van der Waals surface area contributed by atoms with Gasteiger partial charge < -0.3 is 5.73 Å². The van der Waals surface area contributed by atoms with E-state index in [-0.39, 0.29) is 11.9 Å². The van der Waals surface area contributed by atoms with Gasteiger partial charge >= 0.3 is 0 Å². The van der Waals surface area contributed by atoms with Crippen molar-refractivity contribution in [1.29, 1.82) is 0 Å². The van der Waals surface area contributed by atoms with Gasteiger partial charge in [0.25, 0.3) is 0 Å². The van der Waals surface area contributed by atoms with Crippen LogP contribution in [0, 0.1) is 5.82 Å². The Balaban J connectivity index is 1.91. The Morgan fingerprint density at radius 3 is 2.52 bits per heavy atom. The van der Waals surface area contributed by atoms with Gasteiger partial charge in [-0.3, -0.25) is 4.57 Å². The number of benzene rings is 2. The highest BCUT2D eigenvalue weighted by molar-refractivity contribution is 5.36. The van der Waals surface area contributed by atoms with Gasteiger partial charge in [0.15, 0.2) is 0 Å². The molecule has 0 amide bonds. The lowest BCUT2D eigenvalue weighted by Crippen LogP contribution is -2.17. The fourth-order valence-corrected chi connectivity index (χ4v) is 2.40. The monoisotopic (exact) mass is 281 g/mol. The van der Waals surface area contributed by atoms with Crippen LogP contribution in [-0.4, -0.2) is 9.55 Å². The van der Waals surface area contributed by atoms with Crippen molar-refractivity contribution in [2.75, 3.05) is 0 Å². The lowest BCUT2D eigenvalue weighted by molar-refractivity contribution is 0.607. The second kappa shape index (κ2) is 5.89. The maximum absolute atomic E-state index is 13.9. The molecule has 0 radical (unpaired) electrons. The van der Waals surface area contributed by atoms with Crippen molar-refractivity contribution in [3.63, 3.8) is 0 Å². The average Bonchev–Trinajstić information content (AvgIpc) is 2.98. The third-order valence-corrected chi connectivity index (χ3v) is 3.46. The Morgan fingerprint density at radius 2 is 1.76 bits per heavy atom. The molecule has 0 bridgehead atoms. The zero-order valence-corrected chi connectivity index (χ0v) is 11.5. The first-order valence-electron chi connectivity index (χ1n) is 6.82. The van der Waals surface area contributed by atoms with E-state index in [4.69, 9.17) is 5.73 Å². The number of hydrogen-bond donors (Lipinski definition) is 1. The van der Waals surface area contributed by atoms with Crippen LogP contribution >= 0.6 is 0 Å². The van der Waals surface area contributed by atoms with Crippen LogP contribution < -0.4 is 5.73 Å². The largest absolute Gasteiger partial charge is 0.322 e. The summed E-state index contributed by atoms with van der Waals surface area (Å²) in [6, 6.07) is 16.4. The highest BCUT2D eigenvalue weighted by Gasteiger charge is 2.15. The van der Waals surface area contributed by atoms with Gasteiger partial charge in [0.1, 0.15) is 5.82 Å². The molecule has 3 rings (SSSR count). The highest BCUT2D eigenvalue weighted by atomic mass is 19.1. The molecule has 2 N–H and O–H groups in total. The molecule has 0 fully saturated rings. The summed E-state index contributed by atoms with van der Waals surface area (Å²) in [6.07, 6.45) is 3.97. The summed E-state index contributed by atoms with van der Waals surface area (Å²) in [5.41, 5.74) is 8.68. The highest BCUT2D eigenvalue weighted by Crippen LogP contribution is 2.21. The topological polar surface area (TPSA) is 43.8 Å². The molecule has 106 valence electrons. The van der Waals surface area contributed by atoms with E-state index < -0.39 is 0 Å². The van der Waals surface area contributed by atoms with Crippen LogP contribution in [0.2, 0.25) is 0 Å². The summed E-state index contributed by atoms with van der Waals surface area (Å²) >= 11 is 0. The molecule has 1 heterocycles. The quantitative estimate of drug-likeness (QED) is 0.797. The molecule has 0 aliphatic rings. The molecule has 0 aliphatic heterocycles. The van der Waals surface area contributed by atoms with Gasteiger partial charge in [-0.25, -0.2) is 9.37 Å². The predicted octanol–water partition coefficient (Wildman–Crippen LogP) is 3.25. The summed E-state index contributed by atoms with van der Waals surface area (Å²) in [5.74, 6) is -0.288. The number of nitrogens with zero attached hydrogens (tertiary/aromatic N) is 2. The van der Waals surface area contributed by atoms with Crippen LogP contribution in [0.4, 0.5) is 4.39 Å². The Hall–Kier alpha value is -2.46. The van der Waals surface area contributed by atoms with Gasteiger partial charge in [0.05, 0.1) is 29.9 Å². The van der Waals surface area contributed by atoms with Gasteiger partial charge in [-0.05, 0) is 24.1 Å². The van der Waals surface area contributed by atoms with Crippen LogP contribution in [0.15, 0.2) is 67.1 Å². The smallest absolute Gasteiger partial charge is 0.147 e. The Morgan fingerprint density at radius 1 is 1.05 bits per heavy atom. The first kappa shape index (κ1) is 13.5. The first-order chi connectivity index (χ1) is 10.3. The predicted molar refractivity (Wildman–Crippen MR) is 80.6 cm³/mol. The van der Waals surface area contributed by atoms with Gasteiger partial charge in [0.2, 0.25) is 0 Å². The van der Waals surface area contributed by atoms with Gasteiger partial charge in [-0.1, -0.05) is 42.5 Å². The number of hydrogen-bond acceptors (Lipinski definition) is 2. The molecule has 3 nitrogen and oxygen atoms in total. The third-order valence-electron chi connectivity index (χ3n) is 3.46. The Kier molecular flexibility index (Phi) is 3.79. The van der Waals surface area contributed by atoms with E-state index in [1.807, 2.05) is 30.3 Å². The van der Waals surface area contributed by atoms with Crippen molar-refractivity contribution < 1.29 is 4.39 Å². The number of rotatable bonds is 4. The van der Waals surface area contributed by atoms with Crippen molar-refractivity contribution >= 4 is 0 Å². The molecule has 2 aromatic carbocycles. The molecule has 0 saturated heterocycles. The van der Waals surface area contributed by atoms with Crippen LogP contribution in [0.1, 0.15) is 17.3 Å². The molecule has 3 aromatic rings. The van der Waals surface area contributed by atoms with E-state index in [9.17, 15) is 4.39 Å². The minimum absolute atomic E-state index is 0.241. The Bertz CT molecular complexity index is 722. The minimum atomic E-state index is -0.288. The van der Waals surface area contributed by atoms with E-state index >= 15 is 0 Å². The van der Waals surface area contributed by atoms with E-state index in [1.165, 1.54) is 6.07 Å². The van der Waals surface area contributed by atoms with Crippen LogP contribution in [-0.2, 0) is 6.42 Å². The fraction of sp³-hybridized carbons (Fsp3) is 0.118. The third kappa shape index (κ3) is 2.85. The molecule has 1 atom stereocenters. The number of imidazole rings is 1. The van der Waals surface area contributed by atoms with Gasteiger partial charge in [-0.15, -0.1) is 0 Å². The fourth-order valence-electron chi connectivity index (χ4n) is 2.40. The summed E-state index contributed by atoms with van der Waals surface area (Å²) in [5, 5.41) is 0. The number of para-hydroxylation sites is 1. The number of halogens is 1. The normalized spacial score (nSPS) is 12.3. The van der Waals surface area contributed by atoms with E-state index in [0.29, 0.717) is 12.1 Å². The van der Waals surface area contributed by atoms with E-state index in [2.05, 4.69) is 4.98 Å². The van der Waals surface area contributed by atoms with Crippen molar-refractivity contribution in [2.45, 2.75) is 12.5 Å². The molecule has 1 aromatic heterocycles. The zero-order valence-electron chi connectivity index (χ0n) is 11.5. The van der Waals surface area contributed by atoms with Crippen LogP contribution in [0.5, 0.6) is 0 Å². The lowest BCUT2D eigenvalue weighted by atomic mass is 10.0. The molecule has 0 unspecified atom stereocenters. The maximum Gasteiger partial charge on any atom is 0.147 e. The summed E-state index contributed by atoms with van der Waals surface area (Å²) in [7, 11) is 0. The van der Waals surface area contributed by atoms with E-state index in [0.717, 1.165) is 11.3 Å². The Labute approximate surface area is 122 Å². The number of nitrogens with two attached hydrogens (primary N) is 1. The number of aromatic nitrogens is 2. The van der Waals surface area contributed by atoms with Gasteiger partial charge in [-0.2, -0.15) is 0 Å². The van der Waals surface area contributed by atoms with Crippen molar-refractivity contribution in [3.8, 4) is 5.69 Å². The molecule has 21 heavy (non-hydrogen) atoms. The SMILES string of the molecule is N[C@H](Cc1ccccc1)c1cncn1-c1ccccc1F. The van der Waals surface area contributed by atoms with Crippen LogP contribution in [0.3, 0.4) is 0 Å². The molecule has 0 saturated carbocycles. The molecular weight excluding hydrogens is 265 g/mol. The van der Waals surface area contributed by atoms with Crippen molar-refractivity contribution in [2.24, 2.45) is 5.73 Å². The minimum Gasteiger partial charge on any atom is -0.322 e. The summed E-state index contributed by atoms with van der Waals surface area (Å²) in [4.78, 5) is 4.12. The van der Waals surface area contributed by atoms with Crippen LogP contribution in [0.25, 0.3) is 5.69 Å². The molecule has 0 aliphatic carbocycles. The van der Waals surface area contributed by atoms with Crippen molar-refractivity contribution in [3.05, 3.63) is 84.2 Å². The van der Waals surface area contributed by atoms with E-state index in [1.54, 1.807) is 35.3 Å². The molecular formula is C17H16FN3. The zero-order chi connectivity index (χ0) is 14.7.